The van der Waals surface area contributed by atoms with Gasteiger partial charge in [-0.1, -0.05) is 30.3 Å². The lowest BCUT2D eigenvalue weighted by atomic mass is 10.2. The molecule has 0 atom stereocenters. The van der Waals surface area contributed by atoms with Crippen molar-refractivity contribution in [2.24, 2.45) is 0 Å². The quantitative estimate of drug-likeness (QED) is 0.680. The van der Waals surface area contributed by atoms with Crippen LogP contribution in [0.4, 0.5) is 0 Å². The van der Waals surface area contributed by atoms with Crippen LogP contribution >= 0.6 is 0 Å². The molecule has 0 bridgehead atoms. The molecule has 0 unspecified atom stereocenters. The first kappa shape index (κ1) is 18.4. The predicted molar refractivity (Wildman–Crippen MR) is 99.7 cm³/mol. The maximum Gasteiger partial charge on any atom is 0.206 e. The Balaban J connectivity index is 2.04. The van der Waals surface area contributed by atoms with Crippen molar-refractivity contribution in [2.45, 2.75) is 33.4 Å². The summed E-state index contributed by atoms with van der Waals surface area (Å²) in [5.41, 5.74) is 1.49. The topological polar surface area (TPSA) is 68.3 Å². The zero-order valence-corrected chi connectivity index (χ0v) is 16.0. The van der Waals surface area contributed by atoms with Crippen LogP contribution in [0, 0.1) is 13.8 Å². The van der Waals surface area contributed by atoms with Crippen LogP contribution in [0.5, 0.6) is 0 Å². The van der Waals surface area contributed by atoms with Gasteiger partial charge in [0.2, 0.25) is 19.7 Å². The molecule has 26 heavy (non-hydrogen) atoms. The molecule has 0 N–H and O–H groups in total. The summed E-state index contributed by atoms with van der Waals surface area (Å²) >= 11 is 0. The van der Waals surface area contributed by atoms with Crippen molar-refractivity contribution in [3.8, 4) is 0 Å². The molecule has 0 radical (unpaired) electrons. The summed E-state index contributed by atoms with van der Waals surface area (Å²) < 4.78 is 51.0. The Kier molecular flexibility index (Phi) is 4.73. The second-order valence-electron chi connectivity index (χ2n) is 6.06. The van der Waals surface area contributed by atoms with Crippen molar-refractivity contribution in [3.05, 3.63) is 83.9 Å². The number of hydrogen-bond donors (Lipinski definition) is 0. The molecule has 0 spiro atoms. The lowest BCUT2D eigenvalue weighted by Gasteiger charge is -2.10. The van der Waals surface area contributed by atoms with E-state index in [0.29, 0.717) is 5.56 Å². The second-order valence-corrected chi connectivity index (χ2v) is 9.93. The van der Waals surface area contributed by atoms with Crippen LogP contribution in [0.25, 0.3) is 0 Å². The molecule has 0 amide bonds. The van der Waals surface area contributed by atoms with Crippen LogP contribution in [0.15, 0.2) is 92.4 Å². The summed E-state index contributed by atoms with van der Waals surface area (Å²) in [6, 6.07) is 18.6. The Labute approximate surface area is 154 Å². The van der Waals surface area contributed by atoms with E-state index < -0.39 is 19.7 Å². The van der Waals surface area contributed by atoms with Crippen LogP contribution in [-0.2, 0) is 19.7 Å². The van der Waals surface area contributed by atoms with Gasteiger partial charge in [0.25, 0.3) is 0 Å². The van der Waals surface area contributed by atoms with Crippen molar-refractivity contribution in [1.29, 1.82) is 0 Å². The Hall–Kier alpha value is -2.44. The molecule has 3 rings (SSSR count). The molecule has 0 saturated carbocycles. The van der Waals surface area contributed by atoms with Gasteiger partial charge in [0, 0.05) is 0 Å². The van der Waals surface area contributed by atoms with Crippen molar-refractivity contribution in [1.82, 2.24) is 0 Å². The molecule has 134 valence electrons. The summed E-state index contributed by atoms with van der Waals surface area (Å²) in [4.78, 5) is 0.531. The van der Waals surface area contributed by atoms with Gasteiger partial charge in [0.15, 0.2) is 0 Å². The van der Waals surface area contributed by atoms with Crippen molar-refractivity contribution in [2.75, 3.05) is 0 Å². The van der Waals surface area contributed by atoms with Crippen molar-refractivity contribution >= 4 is 19.7 Å². The van der Waals surface area contributed by atoms with Gasteiger partial charge in [-0.2, -0.15) is 0 Å². The van der Waals surface area contributed by atoms with E-state index in [1.165, 1.54) is 36.4 Å². The SMILES string of the molecule is Cc1ccc(C)c(S(=O)(=O)c2ccc(S(=O)(=O)c3ccccc3)cc2)c1. The van der Waals surface area contributed by atoms with E-state index in [1.54, 1.807) is 37.3 Å². The zero-order valence-electron chi connectivity index (χ0n) is 14.4. The minimum absolute atomic E-state index is 0.0589. The van der Waals surface area contributed by atoms with Gasteiger partial charge in [0.05, 0.1) is 19.6 Å². The van der Waals surface area contributed by atoms with Gasteiger partial charge < -0.3 is 0 Å². The van der Waals surface area contributed by atoms with Gasteiger partial charge in [-0.25, -0.2) is 16.8 Å². The Bertz CT molecular complexity index is 1150. The first-order valence-electron chi connectivity index (χ1n) is 7.95. The number of hydrogen-bond acceptors (Lipinski definition) is 4. The molecule has 0 heterocycles. The summed E-state index contributed by atoms with van der Waals surface area (Å²) in [7, 11) is -7.39. The van der Waals surface area contributed by atoms with Crippen LogP contribution in [0.1, 0.15) is 11.1 Å². The van der Waals surface area contributed by atoms with E-state index >= 15 is 0 Å². The fraction of sp³-hybridized carbons (Fsp3) is 0.100. The normalized spacial score (nSPS) is 12.1. The molecule has 0 aromatic heterocycles. The molecular weight excluding hydrogens is 368 g/mol. The fourth-order valence-corrected chi connectivity index (χ4v) is 5.52. The molecule has 3 aromatic rings. The first-order valence-corrected chi connectivity index (χ1v) is 10.9. The highest BCUT2D eigenvalue weighted by Gasteiger charge is 2.22. The largest absolute Gasteiger partial charge is 0.219 e. The number of aryl methyl sites for hydroxylation is 2. The number of sulfone groups is 2. The highest BCUT2D eigenvalue weighted by molar-refractivity contribution is 7.92. The molecule has 0 aliphatic rings. The maximum atomic E-state index is 12.9. The standard InChI is InChI=1S/C20H18O4S2/c1-15-8-9-16(2)20(14-15)26(23,24)19-12-10-18(11-13-19)25(21,22)17-6-4-3-5-7-17/h3-14H,1-2H3. The molecule has 4 nitrogen and oxygen atoms in total. The highest BCUT2D eigenvalue weighted by Crippen LogP contribution is 2.27. The third kappa shape index (κ3) is 3.30. The smallest absolute Gasteiger partial charge is 0.206 e. The van der Waals surface area contributed by atoms with E-state index in [2.05, 4.69) is 0 Å². The van der Waals surface area contributed by atoms with E-state index in [1.807, 2.05) is 13.0 Å². The third-order valence-corrected chi connectivity index (χ3v) is 7.83. The lowest BCUT2D eigenvalue weighted by molar-refractivity contribution is 0.592. The molecule has 0 aliphatic carbocycles. The van der Waals surface area contributed by atoms with E-state index in [-0.39, 0.29) is 19.6 Å². The lowest BCUT2D eigenvalue weighted by Crippen LogP contribution is -2.06. The van der Waals surface area contributed by atoms with E-state index in [4.69, 9.17) is 0 Å². The fourth-order valence-electron chi connectivity index (χ4n) is 2.66. The van der Waals surface area contributed by atoms with Gasteiger partial charge in [0.1, 0.15) is 0 Å². The maximum absolute atomic E-state index is 12.9. The van der Waals surface area contributed by atoms with Gasteiger partial charge in [-0.3, -0.25) is 0 Å². The van der Waals surface area contributed by atoms with Gasteiger partial charge in [-0.05, 0) is 67.4 Å². The van der Waals surface area contributed by atoms with Crippen LogP contribution in [0.3, 0.4) is 0 Å². The Morgan fingerprint density at radius 2 is 1.08 bits per heavy atom. The summed E-state index contributed by atoms with van der Waals surface area (Å²) in [6.07, 6.45) is 0. The van der Waals surface area contributed by atoms with Crippen molar-refractivity contribution < 1.29 is 16.8 Å². The molecule has 0 fully saturated rings. The van der Waals surface area contributed by atoms with Crippen molar-refractivity contribution in [3.63, 3.8) is 0 Å². The van der Waals surface area contributed by atoms with E-state index in [9.17, 15) is 16.8 Å². The monoisotopic (exact) mass is 386 g/mol. The molecule has 3 aromatic carbocycles. The minimum Gasteiger partial charge on any atom is -0.219 e. The van der Waals surface area contributed by atoms with Gasteiger partial charge in [-0.15, -0.1) is 0 Å². The summed E-state index contributed by atoms with van der Waals surface area (Å²) in [5, 5.41) is 0. The summed E-state index contributed by atoms with van der Waals surface area (Å²) in [5.74, 6) is 0. The molecule has 0 aliphatic heterocycles. The average Bonchev–Trinajstić information content (AvgIpc) is 2.64. The predicted octanol–water partition coefficient (Wildman–Crippen LogP) is 3.97. The van der Waals surface area contributed by atoms with Crippen LogP contribution in [-0.4, -0.2) is 16.8 Å². The summed E-state index contributed by atoms with van der Waals surface area (Å²) in [6.45, 7) is 3.56. The number of benzene rings is 3. The van der Waals surface area contributed by atoms with E-state index in [0.717, 1.165) is 5.56 Å². The second kappa shape index (κ2) is 6.70. The molecule has 6 heteroatoms. The van der Waals surface area contributed by atoms with Gasteiger partial charge >= 0.3 is 0 Å². The number of rotatable bonds is 4. The Morgan fingerprint density at radius 1 is 0.577 bits per heavy atom. The third-order valence-electron chi connectivity index (χ3n) is 4.13. The average molecular weight is 386 g/mol. The Morgan fingerprint density at radius 3 is 1.65 bits per heavy atom. The minimum atomic E-state index is -3.71. The highest BCUT2D eigenvalue weighted by atomic mass is 32.2. The molecule has 0 saturated heterocycles. The first-order chi connectivity index (χ1) is 12.2. The van der Waals surface area contributed by atoms with Crippen LogP contribution < -0.4 is 0 Å². The van der Waals surface area contributed by atoms with Crippen LogP contribution in [0.2, 0.25) is 0 Å². The zero-order chi connectivity index (χ0) is 18.9. The molecular formula is C20H18O4S2.